The first-order valence-corrected chi connectivity index (χ1v) is 10.7. The molecule has 4 rings (SSSR count). The van der Waals surface area contributed by atoms with Gasteiger partial charge in [-0.1, -0.05) is 0 Å². The quantitative estimate of drug-likeness (QED) is 0.746. The van der Waals surface area contributed by atoms with Gasteiger partial charge < -0.3 is 14.8 Å². The van der Waals surface area contributed by atoms with Crippen molar-refractivity contribution in [2.75, 3.05) is 46.1 Å². The second kappa shape index (κ2) is 9.51. The maximum absolute atomic E-state index is 14.2. The molecule has 0 spiro atoms. The first-order chi connectivity index (χ1) is 14.5. The van der Waals surface area contributed by atoms with Crippen molar-refractivity contribution >= 4 is 0 Å². The molecule has 164 valence electrons. The third-order valence-electron chi connectivity index (χ3n) is 6.26. The molecule has 6 nitrogen and oxygen atoms in total. The highest BCUT2D eigenvalue weighted by Gasteiger charge is 2.31. The summed E-state index contributed by atoms with van der Waals surface area (Å²) in [5.41, 5.74) is 3.01. The number of hydrogen-bond donors (Lipinski definition) is 1. The van der Waals surface area contributed by atoms with Crippen molar-refractivity contribution in [3.63, 3.8) is 0 Å². The zero-order chi connectivity index (χ0) is 21.1. The predicted octanol–water partition coefficient (Wildman–Crippen LogP) is 2.59. The number of benzene rings is 1. The first kappa shape index (κ1) is 21.4. The summed E-state index contributed by atoms with van der Waals surface area (Å²) in [5, 5.41) is 8.10. The van der Waals surface area contributed by atoms with Gasteiger partial charge in [0, 0.05) is 62.1 Å². The van der Waals surface area contributed by atoms with Gasteiger partial charge in [-0.3, -0.25) is 4.90 Å². The van der Waals surface area contributed by atoms with E-state index in [1.165, 1.54) is 12.1 Å². The normalized spacial score (nSPS) is 21.3. The molecule has 0 bridgehead atoms. The molecule has 2 atom stereocenters. The Hall–Kier alpha value is -1.87. The van der Waals surface area contributed by atoms with E-state index in [-0.39, 0.29) is 5.69 Å². The summed E-state index contributed by atoms with van der Waals surface area (Å²) in [6, 6.07) is 3.97. The Morgan fingerprint density at radius 3 is 2.67 bits per heavy atom. The summed E-state index contributed by atoms with van der Waals surface area (Å²) < 4.78 is 40.2. The van der Waals surface area contributed by atoms with Crippen LogP contribution in [0.15, 0.2) is 18.2 Å². The van der Waals surface area contributed by atoms with Gasteiger partial charge in [-0.15, -0.1) is 0 Å². The monoisotopic (exact) mass is 420 g/mol. The molecular weight excluding hydrogens is 390 g/mol. The smallest absolute Gasteiger partial charge is 0.151 e. The standard InChI is InChI=1S/C22H30F2N4O2/c1-15-19(16(2)28(26-15)21-4-3-18(23)11-20(21)24)12-25-13-22(17-5-8-30-14-17)27-6-9-29-10-7-27/h3-4,11,17,22,25H,5-10,12-14H2,1-2H3/t17-,22+/m0/s1. The molecule has 2 aliphatic rings. The predicted molar refractivity (Wildman–Crippen MR) is 110 cm³/mol. The molecule has 8 heteroatoms. The molecule has 30 heavy (non-hydrogen) atoms. The largest absolute Gasteiger partial charge is 0.381 e. The topological polar surface area (TPSA) is 51.5 Å². The number of rotatable bonds is 7. The lowest BCUT2D eigenvalue weighted by atomic mass is 9.96. The van der Waals surface area contributed by atoms with E-state index in [2.05, 4.69) is 15.3 Å². The lowest BCUT2D eigenvalue weighted by Crippen LogP contribution is -2.51. The summed E-state index contributed by atoms with van der Waals surface area (Å²) in [6.07, 6.45) is 1.09. The van der Waals surface area contributed by atoms with Crippen LogP contribution in [-0.2, 0) is 16.0 Å². The van der Waals surface area contributed by atoms with E-state index in [9.17, 15) is 8.78 Å². The van der Waals surface area contributed by atoms with Crippen molar-refractivity contribution in [3.8, 4) is 5.69 Å². The van der Waals surface area contributed by atoms with E-state index in [4.69, 9.17) is 9.47 Å². The molecule has 0 amide bonds. The van der Waals surface area contributed by atoms with Crippen molar-refractivity contribution in [1.29, 1.82) is 0 Å². The number of ether oxygens (including phenoxy) is 2. The van der Waals surface area contributed by atoms with Crippen LogP contribution >= 0.6 is 0 Å². The number of morpholine rings is 1. The molecule has 3 heterocycles. The Kier molecular flexibility index (Phi) is 6.77. The molecule has 2 saturated heterocycles. The molecule has 2 aliphatic heterocycles. The van der Waals surface area contributed by atoms with Crippen LogP contribution in [0.5, 0.6) is 0 Å². The average molecular weight is 421 g/mol. The van der Waals surface area contributed by atoms with Gasteiger partial charge in [-0.25, -0.2) is 13.5 Å². The third kappa shape index (κ3) is 4.56. The molecule has 1 N–H and O–H groups in total. The van der Waals surface area contributed by atoms with E-state index in [1.807, 2.05) is 13.8 Å². The molecule has 0 radical (unpaired) electrons. The number of hydrogen-bond acceptors (Lipinski definition) is 5. The zero-order valence-corrected chi connectivity index (χ0v) is 17.7. The Morgan fingerprint density at radius 1 is 1.17 bits per heavy atom. The number of aryl methyl sites for hydroxylation is 1. The summed E-state index contributed by atoms with van der Waals surface area (Å²) in [4.78, 5) is 2.51. The van der Waals surface area contributed by atoms with Gasteiger partial charge in [0.25, 0.3) is 0 Å². The maximum atomic E-state index is 14.2. The van der Waals surface area contributed by atoms with Crippen molar-refractivity contribution in [3.05, 3.63) is 46.8 Å². The van der Waals surface area contributed by atoms with Crippen molar-refractivity contribution in [1.82, 2.24) is 20.0 Å². The van der Waals surface area contributed by atoms with Crippen LogP contribution in [0.25, 0.3) is 5.69 Å². The van der Waals surface area contributed by atoms with Crippen LogP contribution < -0.4 is 5.32 Å². The molecule has 2 fully saturated rings. The summed E-state index contributed by atoms with van der Waals surface area (Å²) in [5.74, 6) is -0.688. The SMILES string of the molecule is Cc1nn(-c2ccc(F)cc2F)c(C)c1CNC[C@H]([C@H]1CCOC1)N1CCOCC1. The average Bonchev–Trinajstić information content (AvgIpc) is 3.35. The highest BCUT2D eigenvalue weighted by molar-refractivity contribution is 5.38. The second-order valence-electron chi connectivity index (χ2n) is 8.13. The number of nitrogens with one attached hydrogen (secondary N) is 1. The minimum Gasteiger partial charge on any atom is -0.381 e. The number of aromatic nitrogens is 2. The summed E-state index contributed by atoms with van der Waals surface area (Å²) in [6.45, 7) is 10.4. The zero-order valence-electron chi connectivity index (χ0n) is 17.7. The fourth-order valence-corrected chi connectivity index (χ4v) is 4.52. The molecule has 1 aromatic carbocycles. The first-order valence-electron chi connectivity index (χ1n) is 10.7. The molecular formula is C22H30F2N4O2. The molecule has 0 saturated carbocycles. The van der Waals surface area contributed by atoms with Gasteiger partial charge in [-0.2, -0.15) is 5.10 Å². The lowest BCUT2D eigenvalue weighted by molar-refractivity contribution is 0.00137. The van der Waals surface area contributed by atoms with Gasteiger partial charge in [0.15, 0.2) is 5.82 Å². The van der Waals surface area contributed by atoms with E-state index in [0.29, 0.717) is 18.5 Å². The van der Waals surface area contributed by atoms with Crippen LogP contribution in [0.1, 0.15) is 23.4 Å². The second-order valence-corrected chi connectivity index (χ2v) is 8.13. The Bertz CT molecular complexity index is 861. The van der Waals surface area contributed by atoms with Gasteiger partial charge in [0.05, 0.1) is 25.5 Å². The van der Waals surface area contributed by atoms with E-state index in [1.54, 1.807) is 4.68 Å². The summed E-state index contributed by atoms with van der Waals surface area (Å²) in [7, 11) is 0. The van der Waals surface area contributed by atoms with Gasteiger partial charge in [0.1, 0.15) is 11.5 Å². The molecule has 0 aliphatic carbocycles. The van der Waals surface area contributed by atoms with E-state index < -0.39 is 11.6 Å². The Labute approximate surface area is 176 Å². The summed E-state index contributed by atoms with van der Waals surface area (Å²) >= 11 is 0. The lowest BCUT2D eigenvalue weighted by Gasteiger charge is -2.37. The highest BCUT2D eigenvalue weighted by Crippen LogP contribution is 2.23. The van der Waals surface area contributed by atoms with Crippen LogP contribution in [-0.4, -0.2) is 66.8 Å². The number of nitrogens with zero attached hydrogens (tertiary/aromatic N) is 3. The van der Waals surface area contributed by atoms with Crippen LogP contribution in [0, 0.1) is 31.4 Å². The highest BCUT2D eigenvalue weighted by atomic mass is 19.1. The van der Waals surface area contributed by atoms with Gasteiger partial charge in [-0.05, 0) is 32.4 Å². The van der Waals surface area contributed by atoms with Crippen LogP contribution in [0.3, 0.4) is 0 Å². The van der Waals surface area contributed by atoms with Crippen molar-refractivity contribution < 1.29 is 18.3 Å². The van der Waals surface area contributed by atoms with Crippen molar-refractivity contribution in [2.24, 2.45) is 5.92 Å². The molecule has 2 aromatic rings. The van der Waals surface area contributed by atoms with Crippen molar-refractivity contribution in [2.45, 2.75) is 32.9 Å². The number of halogens is 2. The third-order valence-corrected chi connectivity index (χ3v) is 6.26. The van der Waals surface area contributed by atoms with Crippen LogP contribution in [0.2, 0.25) is 0 Å². The fourth-order valence-electron chi connectivity index (χ4n) is 4.52. The van der Waals surface area contributed by atoms with E-state index in [0.717, 1.165) is 75.5 Å². The van der Waals surface area contributed by atoms with E-state index >= 15 is 0 Å². The Balaban J connectivity index is 1.45. The Morgan fingerprint density at radius 2 is 1.97 bits per heavy atom. The molecule has 0 unspecified atom stereocenters. The van der Waals surface area contributed by atoms with Gasteiger partial charge in [0.2, 0.25) is 0 Å². The maximum Gasteiger partial charge on any atom is 0.151 e. The molecule has 1 aromatic heterocycles. The van der Waals surface area contributed by atoms with Crippen LogP contribution in [0.4, 0.5) is 8.78 Å². The fraction of sp³-hybridized carbons (Fsp3) is 0.591. The van der Waals surface area contributed by atoms with Gasteiger partial charge >= 0.3 is 0 Å². The minimum absolute atomic E-state index is 0.262. The minimum atomic E-state index is -0.617.